The third-order valence-corrected chi connectivity index (χ3v) is 4.07. The molecule has 0 unspecified atom stereocenters. The molecule has 2 aromatic carbocycles. The molecule has 0 aliphatic heterocycles. The number of benzene rings is 2. The van der Waals surface area contributed by atoms with Crippen molar-refractivity contribution in [3.63, 3.8) is 0 Å². The Hall–Kier alpha value is -3.15. The molecule has 1 aromatic heterocycles. The van der Waals surface area contributed by atoms with E-state index in [1.807, 2.05) is 45.0 Å². The first kappa shape index (κ1) is 18.6. The molecule has 3 rings (SSSR count). The molecule has 6 heteroatoms. The Morgan fingerprint density at radius 2 is 2.00 bits per heavy atom. The van der Waals surface area contributed by atoms with Gasteiger partial charge in [0.2, 0.25) is 0 Å². The van der Waals surface area contributed by atoms with Crippen LogP contribution in [0.15, 0.2) is 52.4 Å². The Morgan fingerprint density at radius 3 is 2.74 bits per heavy atom. The number of nitrogens with zero attached hydrogens (tertiary/aromatic N) is 3. The Morgan fingerprint density at radius 1 is 1.22 bits per heavy atom. The van der Waals surface area contributed by atoms with Gasteiger partial charge in [-0.15, -0.1) is 4.73 Å². The predicted octanol–water partition coefficient (Wildman–Crippen LogP) is 3.54. The zero-order chi connectivity index (χ0) is 19.4. The van der Waals surface area contributed by atoms with Gasteiger partial charge in [-0.3, -0.25) is 4.79 Å². The van der Waals surface area contributed by atoms with Crippen LogP contribution >= 0.6 is 0 Å². The molecule has 0 aliphatic rings. The highest BCUT2D eigenvalue weighted by Crippen LogP contribution is 2.11. The van der Waals surface area contributed by atoms with Crippen molar-refractivity contribution in [2.75, 3.05) is 12.0 Å². The van der Waals surface area contributed by atoms with Gasteiger partial charge in [0.25, 0.3) is 11.5 Å². The Kier molecular flexibility index (Phi) is 5.54. The topological polar surface area (TPSA) is 68.5 Å². The normalized spacial score (nSPS) is 11.4. The van der Waals surface area contributed by atoms with Crippen molar-refractivity contribution in [3.8, 4) is 0 Å². The number of hydrogen-bond acceptors (Lipinski definition) is 5. The molecule has 0 amide bonds. The lowest BCUT2D eigenvalue weighted by Gasteiger charge is -2.14. The summed E-state index contributed by atoms with van der Waals surface area (Å²) >= 11 is 0. The molecular formula is C21H24N4O2. The van der Waals surface area contributed by atoms with E-state index in [2.05, 4.69) is 28.5 Å². The van der Waals surface area contributed by atoms with Crippen LogP contribution in [-0.2, 0) is 0 Å². The SMILES string of the molecule is Cc1ccc(/C=N/Nc2nc3ccccc3c(=O)n2OCC(C)C)c(C)c1. The standard InChI is InChI=1S/C21H24N4O2/c1-14(2)13-27-25-20(26)18-7-5-6-8-19(18)23-21(25)24-22-12-17-10-9-15(3)11-16(17)4/h5-12,14H,13H2,1-4H3,(H,23,24)/b22-12+. The summed E-state index contributed by atoms with van der Waals surface area (Å²) in [6.45, 7) is 8.52. The molecule has 0 saturated heterocycles. The summed E-state index contributed by atoms with van der Waals surface area (Å²) in [5.74, 6) is 0.523. The fraction of sp³-hybridized carbons (Fsp3) is 0.286. The van der Waals surface area contributed by atoms with Crippen molar-refractivity contribution in [2.24, 2.45) is 11.0 Å². The highest BCUT2D eigenvalue weighted by atomic mass is 16.7. The number of aryl methyl sites for hydroxylation is 2. The molecule has 140 valence electrons. The molecule has 1 heterocycles. The third-order valence-electron chi connectivity index (χ3n) is 4.07. The van der Waals surface area contributed by atoms with Crippen LogP contribution in [0.2, 0.25) is 0 Å². The third kappa shape index (κ3) is 4.34. The first-order valence-corrected chi connectivity index (χ1v) is 8.97. The van der Waals surface area contributed by atoms with Gasteiger partial charge in [0.15, 0.2) is 0 Å². The molecule has 0 bridgehead atoms. The summed E-state index contributed by atoms with van der Waals surface area (Å²) in [4.78, 5) is 23.0. The number of aromatic nitrogens is 2. The lowest BCUT2D eigenvalue weighted by Crippen LogP contribution is -2.31. The second kappa shape index (κ2) is 8.03. The first-order valence-electron chi connectivity index (χ1n) is 8.97. The van der Waals surface area contributed by atoms with E-state index in [1.165, 1.54) is 10.3 Å². The number of rotatable bonds is 6. The van der Waals surface area contributed by atoms with Gasteiger partial charge in [0.05, 0.1) is 17.1 Å². The fourth-order valence-corrected chi connectivity index (χ4v) is 2.66. The van der Waals surface area contributed by atoms with Crippen molar-refractivity contribution in [1.82, 2.24) is 9.71 Å². The molecule has 0 spiro atoms. The van der Waals surface area contributed by atoms with Gasteiger partial charge in [-0.2, -0.15) is 5.10 Å². The molecule has 3 aromatic rings. The van der Waals surface area contributed by atoms with Crippen LogP contribution in [0.25, 0.3) is 10.9 Å². The maximum Gasteiger partial charge on any atom is 0.295 e. The summed E-state index contributed by atoms with van der Waals surface area (Å²) in [6.07, 6.45) is 1.71. The molecule has 1 N–H and O–H groups in total. The van der Waals surface area contributed by atoms with Crippen molar-refractivity contribution in [2.45, 2.75) is 27.7 Å². The number of fused-ring (bicyclic) bond motifs is 1. The Balaban J connectivity index is 1.95. The molecule has 6 nitrogen and oxygen atoms in total. The van der Waals surface area contributed by atoms with Crippen LogP contribution in [0.3, 0.4) is 0 Å². The second-order valence-corrected chi connectivity index (χ2v) is 6.97. The minimum atomic E-state index is -0.259. The number of para-hydroxylation sites is 1. The van der Waals surface area contributed by atoms with Gasteiger partial charge >= 0.3 is 0 Å². The average Bonchev–Trinajstić information content (AvgIpc) is 2.63. The number of anilines is 1. The van der Waals surface area contributed by atoms with E-state index in [0.717, 1.165) is 11.1 Å². The fourth-order valence-electron chi connectivity index (χ4n) is 2.66. The summed E-state index contributed by atoms with van der Waals surface area (Å²) in [7, 11) is 0. The number of nitrogens with one attached hydrogen (secondary N) is 1. The first-order chi connectivity index (χ1) is 13.0. The smallest absolute Gasteiger partial charge is 0.295 e. The maximum atomic E-state index is 12.8. The maximum absolute atomic E-state index is 12.8. The zero-order valence-electron chi connectivity index (χ0n) is 16.1. The highest BCUT2D eigenvalue weighted by Gasteiger charge is 2.12. The van der Waals surface area contributed by atoms with Gasteiger partial charge in [-0.25, -0.2) is 10.4 Å². The van der Waals surface area contributed by atoms with E-state index in [4.69, 9.17) is 4.84 Å². The second-order valence-electron chi connectivity index (χ2n) is 6.97. The van der Waals surface area contributed by atoms with Gasteiger partial charge in [-0.1, -0.05) is 49.7 Å². The summed E-state index contributed by atoms with van der Waals surface area (Å²) < 4.78 is 1.18. The minimum Gasteiger partial charge on any atom is -0.407 e. The van der Waals surface area contributed by atoms with E-state index in [0.29, 0.717) is 17.5 Å². The van der Waals surface area contributed by atoms with Crippen molar-refractivity contribution >= 4 is 23.1 Å². The van der Waals surface area contributed by atoms with Crippen LogP contribution in [-0.4, -0.2) is 22.5 Å². The molecule has 0 saturated carbocycles. The van der Waals surface area contributed by atoms with Crippen LogP contribution in [0.5, 0.6) is 0 Å². The number of hydrogen-bond donors (Lipinski definition) is 1. The molecule has 0 aliphatic carbocycles. The highest BCUT2D eigenvalue weighted by molar-refractivity contribution is 5.82. The Bertz CT molecular complexity index is 1040. The lowest BCUT2D eigenvalue weighted by atomic mass is 10.1. The van der Waals surface area contributed by atoms with E-state index in [-0.39, 0.29) is 17.4 Å². The van der Waals surface area contributed by atoms with Crippen LogP contribution in [0.1, 0.15) is 30.5 Å². The van der Waals surface area contributed by atoms with Crippen LogP contribution in [0, 0.1) is 19.8 Å². The van der Waals surface area contributed by atoms with E-state index in [1.54, 1.807) is 18.3 Å². The molecule has 0 radical (unpaired) electrons. The summed E-state index contributed by atoms with van der Waals surface area (Å²) in [5.41, 5.74) is 6.51. The largest absolute Gasteiger partial charge is 0.407 e. The number of hydrazone groups is 1. The molecule has 27 heavy (non-hydrogen) atoms. The van der Waals surface area contributed by atoms with Gasteiger partial charge < -0.3 is 4.84 Å². The predicted molar refractivity (Wildman–Crippen MR) is 109 cm³/mol. The summed E-state index contributed by atoms with van der Waals surface area (Å²) in [5, 5.41) is 4.77. The van der Waals surface area contributed by atoms with Crippen molar-refractivity contribution in [3.05, 3.63) is 69.5 Å². The van der Waals surface area contributed by atoms with E-state index >= 15 is 0 Å². The minimum absolute atomic E-state index is 0.250. The lowest BCUT2D eigenvalue weighted by molar-refractivity contribution is 0.0848. The van der Waals surface area contributed by atoms with Gasteiger partial charge in [-0.05, 0) is 43.0 Å². The van der Waals surface area contributed by atoms with Crippen LogP contribution in [0.4, 0.5) is 5.95 Å². The van der Waals surface area contributed by atoms with Crippen LogP contribution < -0.4 is 15.8 Å². The quantitative estimate of drug-likeness (QED) is 0.536. The molecule has 0 atom stereocenters. The van der Waals surface area contributed by atoms with E-state index < -0.39 is 0 Å². The summed E-state index contributed by atoms with van der Waals surface area (Å²) in [6, 6.07) is 13.3. The van der Waals surface area contributed by atoms with Gasteiger partial charge in [0.1, 0.15) is 6.61 Å². The molecular weight excluding hydrogens is 340 g/mol. The van der Waals surface area contributed by atoms with Gasteiger partial charge in [0, 0.05) is 0 Å². The zero-order valence-corrected chi connectivity index (χ0v) is 16.1. The van der Waals surface area contributed by atoms with Crippen molar-refractivity contribution in [1.29, 1.82) is 0 Å². The molecule has 0 fully saturated rings. The monoisotopic (exact) mass is 364 g/mol. The average molecular weight is 364 g/mol. The van der Waals surface area contributed by atoms with Crippen molar-refractivity contribution < 1.29 is 4.84 Å². The van der Waals surface area contributed by atoms with E-state index in [9.17, 15) is 4.79 Å². The Labute approximate surface area is 158 Å².